The monoisotopic (exact) mass is 348 g/mol. The molecule has 0 fully saturated rings. The number of aliphatic carboxylic acids is 1. The molecule has 1 heterocycles. The van der Waals surface area contributed by atoms with Gasteiger partial charge < -0.3 is 19.4 Å². The van der Waals surface area contributed by atoms with Crippen molar-refractivity contribution in [2.24, 2.45) is 0 Å². The summed E-state index contributed by atoms with van der Waals surface area (Å²) in [6.45, 7) is 6.26. The first kappa shape index (κ1) is 17.9. The first-order valence-corrected chi connectivity index (χ1v) is 8.07. The number of nitrogens with zero attached hydrogens (tertiary/aromatic N) is 3. The zero-order chi connectivity index (χ0) is 17.7. The van der Waals surface area contributed by atoms with E-state index in [0.717, 1.165) is 22.9 Å². The fourth-order valence-electron chi connectivity index (χ4n) is 2.12. The van der Waals surface area contributed by atoms with Crippen molar-refractivity contribution in [3.05, 3.63) is 30.4 Å². The van der Waals surface area contributed by atoms with Crippen LogP contribution in [0, 0.1) is 0 Å². The smallest absolute Gasteiger partial charge is 0.192 e. The molecule has 0 radical (unpaired) electrons. The Morgan fingerprint density at radius 3 is 2.58 bits per heavy atom. The van der Waals surface area contributed by atoms with E-state index in [1.165, 1.54) is 0 Å². The van der Waals surface area contributed by atoms with Gasteiger partial charge in [-0.1, -0.05) is 23.9 Å². The minimum absolute atomic E-state index is 0.194. The number of aromatic nitrogens is 3. The van der Waals surface area contributed by atoms with Gasteiger partial charge in [-0.25, -0.2) is 0 Å². The molecule has 0 N–H and O–H groups in total. The normalized spacial score (nSPS) is 10.5. The van der Waals surface area contributed by atoms with Gasteiger partial charge in [0.1, 0.15) is 0 Å². The predicted molar refractivity (Wildman–Crippen MR) is 89.1 cm³/mol. The Labute approximate surface area is 144 Å². The van der Waals surface area contributed by atoms with E-state index in [4.69, 9.17) is 9.47 Å². The number of benzene rings is 1. The topological polar surface area (TPSA) is 89.3 Å². The molecule has 0 saturated carbocycles. The summed E-state index contributed by atoms with van der Waals surface area (Å²) in [6.07, 6.45) is 0. The Bertz CT molecular complexity index is 758. The highest BCUT2D eigenvalue weighted by Crippen LogP contribution is 2.33. The number of hydrogen-bond acceptors (Lipinski definition) is 7. The second-order valence-electron chi connectivity index (χ2n) is 5.08. The molecule has 0 aliphatic heterocycles. The van der Waals surface area contributed by atoms with Crippen LogP contribution in [0.2, 0.25) is 0 Å². The van der Waals surface area contributed by atoms with Crippen LogP contribution in [0.1, 0.15) is 6.92 Å². The summed E-state index contributed by atoms with van der Waals surface area (Å²) in [7, 11) is 3.12. The number of ether oxygens (including phenoxy) is 2. The summed E-state index contributed by atoms with van der Waals surface area (Å²) in [5.41, 5.74) is 1.67. The third kappa shape index (κ3) is 4.08. The Morgan fingerprint density at radius 1 is 1.29 bits per heavy atom. The second-order valence-corrected chi connectivity index (χ2v) is 6.02. The highest BCUT2D eigenvalue weighted by atomic mass is 32.2. The number of hydrogen-bond donors (Lipinski definition) is 0. The molecular formula is C16H18N3O4S-. The summed E-state index contributed by atoms with van der Waals surface area (Å²) in [5.74, 6) is 0.431. The van der Waals surface area contributed by atoms with Crippen LogP contribution in [0.4, 0.5) is 0 Å². The van der Waals surface area contributed by atoms with E-state index >= 15 is 0 Å². The van der Waals surface area contributed by atoms with Crippen LogP contribution in [-0.4, -0.2) is 40.7 Å². The Morgan fingerprint density at radius 2 is 2.00 bits per heavy atom. The number of thioether (sulfide) groups is 1. The van der Waals surface area contributed by atoms with Crippen molar-refractivity contribution >= 4 is 17.7 Å². The molecule has 1 aromatic carbocycles. The lowest BCUT2D eigenvalue weighted by atomic mass is 10.2. The molecule has 1 aromatic heterocycles. The van der Waals surface area contributed by atoms with Gasteiger partial charge in [-0.15, -0.1) is 10.2 Å². The first-order chi connectivity index (χ1) is 11.5. The minimum Gasteiger partial charge on any atom is -0.549 e. The highest BCUT2D eigenvalue weighted by molar-refractivity contribution is 7.99. The standard InChI is InChI=1S/C16H19N3O4S/c1-10(2)8-19-15(17-18-16(19)24-9-14(20)21)11-5-6-12(22-3)13(7-11)23-4/h5-7H,1,8-9H2,2-4H3,(H,20,21)/p-1. The average Bonchev–Trinajstić information content (AvgIpc) is 2.94. The van der Waals surface area contributed by atoms with Crippen LogP contribution in [0.25, 0.3) is 11.4 Å². The minimum atomic E-state index is -1.16. The maximum absolute atomic E-state index is 10.7. The quantitative estimate of drug-likeness (QED) is 0.526. The molecule has 0 bridgehead atoms. The van der Waals surface area contributed by atoms with Gasteiger partial charge >= 0.3 is 0 Å². The summed E-state index contributed by atoms with van der Waals surface area (Å²) >= 11 is 1.06. The number of allylic oxidation sites excluding steroid dienone is 1. The van der Waals surface area contributed by atoms with Gasteiger partial charge in [-0.3, -0.25) is 4.57 Å². The molecular weight excluding hydrogens is 330 g/mol. The Hall–Kier alpha value is -2.48. The molecule has 0 aliphatic carbocycles. The molecule has 128 valence electrons. The molecule has 0 spiro atoms. The fraction of sp³-hybridized carbons (Fsp3) is 0.312. The van der Waals surface area contributed by atoms with Gasteiger partial charge in [0.25, 0.3) is 0 Å². The molecule has 0 atom stereocenters. The fourth-order valence-corrected chi connectivity index (χ4v) is 2.77. The third-order valence-electron chi connectivity index (χ3n) is 3.11. The van der Waals surface area contributed by atoms with Gasteiger partial charge in [-0.2, -0.15) is 0 Å². The molecule has 0 unspecified atom stereocenters. The van der Waals surface area contributed by atoms with Gasteiger partial charge in [-0.05, 0) is 25.1 Å². The van der Waals surface area contributed by atoms with E-state index in [0.29, 0.717) is 29.0 Å². The van der Waals surface area contributed by atoms with Crippen molar-refractivity contribution in [2.45, 2.75) is 18.6 Å². The maximum Gasteiger partial charge on any atom is 0.192 e. The zero-order valence-corrected chi connectivity index (χ0v) is 14.6. The summed E-state index contributed by atoms with van der Waals surface area (Å²) in [5, 5.41) is 19.5. The van der Waals surface area contributed by atoms with Gasteiger partial charge in [0, 0.05) is 17.9 Å². The van der Waals surface area contributed by atoms with Crippen LogP contribution >= 0.6 is 11.8 Å². The van der Waals surface area contributed by atoms with Crippen molar-refractivity contribution in [1.82, 2.24) is 14.8 Å². The van der Waals surface area contributed by atoms with E-state index in [-0.39, 0.29) is 5.75 Å². The molecule has 7 nitrogen and oxygen atoms in total. The van der Waals surface area contributed by atoms with Crippen molar-refractivity contribution in [1.29, 1.82) is 0 Å². The number of carboxylic acids is 1. The van der Waals surface area contributed by atoms with Crippen molar-refractivity contribution in [2.75, 3.05) is 20.0 Å². The molecule has 2 rings (SSSR count). The van der Waals surface area contributed by atoms with Gasteiger partial charge in [0.05, 0.1) is 20.2 Å². The SMILES string of the molecule is C=C(C)Cn1c(SCC(=O)[O-])nnc1-c1ccc(OC)c(OC)c1. The summed E-state index contributed by atoms with van der Waals surface area (Å²) in [4.78, 5) is 10.7. The summed E-state index contributed by atoms with van der Waals surface area (Å²) in [6, 6.07) is 5.42. The Balaban J connectivity index is 2.45. The predicted octanol–water partition coefficient (Wildman–Crippen LogP) is 1.38. The molecule has 8 heteroatoms. The summed E-state index contributed by atoms with van der Waals surface area (Å²) < 4.78 is 12.4. The molecule has 24 heavy (non-hydrogen) atoms. The van der Waals surface area contributed by atoms with Crippen LogP contribution in [-0.2, 0) is 11.3 Å². The number of carbonyl (C=O) groups is 1. The lowest BCUT2D eigenvalue weighted by Crippen LogP contribution is -2.24. The molecule has 0 saturated heterocycles. The van der Waals surface area contributed by atoms with E-state index in [1.807, 2.05) is 17.6 Å². The van der Waals surface area contributed by atoms with Gasteiger partial charge in [0.2, 0.25) is 0 Å². The molecule has 2 aromatic rings. The first-order valence-electron chi connectivity index (χ1n) is 7.09. The highest BCUT2D eigenvalue weighted by Gasteiger charge is 2.16. The van der Waals surface area contributed by atoms with Crippen LogP contribution in [0.3, 0.4) is 0 Å². The van der Waals surface area contributed by atoms with E-state index in [1.54, 1.807) is 26.4 Å². The average molecular weight is 348 g/mol. The zero-order valence-electron chi connectivity index (χ0n) is 13.7. The Kier molecular flexibility index (Phi) is 5.86. The lowest BCUT2D eigenvalue weighted by molar-refractivity contribution is -0.301. The van der Waals surface area contributed by atoms with Crippen LogP contribution in [0.5, 0.6) is 11.5 Å². The van der Waals surface area contributed by atoms with E-state index < -0.39 is 5.97 Å². The lowest BCUT2D eigenvalue weighted by Gasteiger charge is -2.12. The van der Waals surface area contributed by atoms with Gasteiger partial charge in [0.15, 0.2) is 22.5 Å². The van der Waals surface area contributed by atoms with Crippen molar-refractivity contribution in [3.63, 3.8) is 0 Å². The number of carboxylic acid groups (broad SMARTS) is 1. The van der Waals surface area contributed by atoms with E-state index in [9.17, 15) is 9.90 Å². The molecule has 0 amide bonds. The van der Waals surface area contributed by atoms with Crippen molar-refractivity contribution in [3.8, 4) is 22.9 Å². The van der Waals surface area contributed by atoms with Crippen LogP contribution < -0.4 is 14.6 Å². The largest absolute Gasteiger partial charge is 0.549 e. The third-order valence-corrected chi connectivity index (χ3v) is 4.05. The van der Waals surface area contributed by atoms with Crippen LogP contribution in [0.15, 0.2) is 35.5 Å². The maximum atomic E-state index is 10.7. The number of methoxy groups -OCH3 is 2. The number of carbonyl (C=O) groups excluding carboxylic acids is 1. The van der Waals surface area contributed by atoms with Crippen molar-refractivity contribution < 1.29 is 19.4 Å². The molecule has 0 aliphatic rings. The second kappa shape index (κ2) is 7.87. The number of rotatable bonds is 8. The van der Waals surface area contributed by atoms with E-state index in [2.05, 4.69) is 16.8 Å².